The number of halogens is 4. The van der Waals surface area contributed by atoms with Crippen molar-refractivity contribution in [2.45, 2.75) is 39.4 Å². The fraction of sp³-hybridized carbons (Fsp3) is 0.619. The van der Waals surface area contributed by atoms with Crippen molar-refractivity contribution >= 4 is 35.9 Å². The molecule has 0 bridgehead atoms. The Bertz CT molecular complexity index is 754. The normalized spacial score (nSPS) is 15.1. The summed E-state index contributed by atoms with van der Waals surface area (Å²) in [5, 5.41) is 3.25. The van der Waals surface area contributed by atoms with Crippen LogP contribution in [0.15, 0.2) is 23.2 Å². The number of methoxy groups -OCH3 is 1. The third-order valence-electron chi connectivity index (χ3n) is 4.78. The summed E-state index contributed by atoms with van der Waals surface area (Å²) in [6.45, 7) is 5.13. The molecule has 7 nitrogen and oxygen atoms in total. The molecule has 0 saturated carbocycles. The molecule has 2 rings (SSSR count). The van der Waals surface area contributed by atoms with E-state index in [0.717, 1.165) is 11.5 Å². The van der Waals surface area contributed by atoms with E-state index in [1.54, 1.807) is 19.1 Å². The lowest BCUT2D eigenvalue weighted by atomic mass is 9.97. The Morgan fingerprint density at radius 2 is 1.91 bits per heavy atom. The van der Waals surface area contributed by atoms with Crippen LogP contribution in [0.1, 0.15) is 32.3 Å². The molecule has 1 fully saturated rings. The monoisotopic (exact) mass is 573 g/mol. The summed E-state index contributed by atoms with van der Waals surface area (Å²) < 4.78 is 52.3. The smallest absolute Gasteiger partial charge is 0.422 e. The van der Waals surface area contributed by atoms with Gasteiger partial charge in [-0.15, -0.1) is 24.0 Å². The highest BCUT2D eigenvalue weighted by Gasteiger charge is 2.29. The number of alkyl halides is 3. The Morgan fingerprint density at radius 3 is 2.47 bits per heavy atom. The second-order valence-corrected chi connectivity index (χ2v) is 7.07. The van der Waals surface area contributed by atoms with Gasteiger partial charge in [0.2, 0.25) is 0 Å². The van der Waals surface area contributed by atoms with E-state index in [4.69, 9.17) is 14.2 Å². The summed E-state index contributed by atoms with van der Waals surface area (Å²) in [5.74, 6) is 0.732. The molecule has 11 heteroatoms. The number of rotatable bonds is 8. The maximum Gasteiger partial charge on any atom is 0.422 e. The summed E-state index contributed by atoms with van der Waals surface area (Å²) in [4.78, 5) is 18.7. The molecule has 1 aromatic rings. The van der Waals surface area contributed by atoms with Crippen LogP contribution in [0, 0.1) is 5.92 Å². The van der Waals surface area contributed by atoms with Crippen LogP contribution in [0.3, 0.4) is 0 Å². The second-order valence-electron chi connectivity index (χ2n) is 7.07. The van der Waals surface area contributed by atoms with Crippen LogP contribution in [0.25, 0.3) is 0 Å². The number of esters is 1. The highest BCUT2D eigenvalue weighted by atomic mass is 127. The zero-order valence-electron chi connectivity index (χ0n) is 18.5. The minimum Gasteiger partial charge on any atom is -0.493 e. The Labute approximate surface area is 203 Å². The molecule has 1 saturated heterocycles. The molecule has 1 heterocycles. The maximum absolute atomic E-state index is 12.4. The average Bonchev–Trinajstić information content (AvgIpc) is 2.75. The highest BCUT2D eigenvalue weighted by Crippen LogP contribution is 2.30. The van der Waals surface area contributed by atoms with E-state index in [1.165, 1.54) is 13.2 Å². The van der Waals surface area contributed by atoms with Crippen LogP contribution >= 0.6 is 24.0 Å². The van der Waals surface area contributed by atoms with Gasteiger partial charge in [0.05, 0.1) is 26.2 Å². The zero-order chi connectivity index (χ0) is 22.9. The van der Waals surface area contributed by atoms with Gasteiger partial charge in [-0.25, -0.2) is 4.99 Å². The molecule has 0 aromatic heterocycles. The third-order valence-corrected chi connectivity index (χ3v) is 4.78. The van der Waals surface area contributed by atoms with Gasteiger partial charge in [-0.05, 0) is 44.4 Å². The number of carbonyl (C=O) groups excluding carboxylic acids is 1. The van der Waals surface area contributed by atoms with Gasteiger partial charge in [0.25, 0.3) is 0 Å². The molecule has 1 aliphatic rings. The molecule has 0 spiro atoms. The molecule has 0 atom stereocenters. The molecule has 0 radical (unpaired) electrons. The lowest BCUT2D eigenvalue weighted by Gasteiger charge is -2.33. The SMILES string of the molecule is CCNC(=NCc1ccc(OCC(F)(F)F)c(OC)c1)N1CCC(C(=O)OCC)CC1.I. The molecule has 0 unspecified atom stereocenters. The molecular formula is C21H31F3IN3O4. The lowest BCUT2D eigenvalue weighted by molar-refractivity contribution is -0.153. The number of nitrogens with zero attached hydrogens (tertiary/aromatic N) is 2. The van der Waals surface area contributed by atoms with Gasteiger partial charge in [-0.2, -0.15) is 13.2 Å². The van der Waals surface area contributed by atoms with Crippen molar-refractivity contribution < 1.29 is 32.2 Å². The van der Waals surface area contributed by atoms with Gasteiger partial charge in [-0.1, -0.05) is 6.07 Å². The molecular weight excluding hydrogens is 542 g/mol. The van der Waals surface area contributed by atoms with Gasteiger partial charge >= 0.3 is 12.1 Å². The number of benzene rings is 1. The van der Waals surface area contributed by atoms with Crippen molar-refractivity contribution in [1.29, 1.82) is 0 Å². The first kappa shape index (κ1) is 28.1. The predicted molar refractivity (Wildman–Crippen MR) is 126 cm³/mol. The van der Waals surface area contributed by atoms with E-state index in [0.29, 0.717) is 45.6 Å². The Hall–Kier alpha value is -1.92. The minimum atomic E-state index is -4.42. The van der Waals surface area contributed by atoms with E-state index in [-0.39, 0.29) is 47.4 Å². The third kappa shape index (κ3) is 8.91. The number of carbonyl (C=O) groups is 1. The summed E-state index contributed by atoms with van der Waals surface area (Å²) in [5.41, 5.74) is 0.771. The molecule has 182 valence electrons. The quantitative estimate of drug-likeness (QED) is 0.220. The lowest BCUT2D eigenvalue weighted by Crippen LogP contribution is -2.46. The fourth-order valence-electron chi connectivity index (χ4n) is 3.27. The molecule has 0 aliphatic carbocycles. The molecule has 1 aromatic carbocycles. The van der Waals surface area contributed by atoms with E-state index in [1.807, 2.05) is 6.92 Å². The molecule has 32 heavy (non-hydrogen) atoms. The van der Waals surface area contributed by atoms with Crippen molar-refractivity contribution in [3.05, 3.63) is 23.8 Å². The fourth-order valence-corrected chi connectivity index (χ4v) is 3.27. The second kappa shape index (κ2) is 13.6. The van der Waals surface area contributed by atoms with Gasteiger partial charge in [0.15, 0.2) is 24.1 Å². The number of hydrogen-bond acceptors (Lipinski definition) is 5. The van der Waals surface area contributed by atoms with E-state index < -0.39 is 12.8 Å². The Kier molecular flexibility index (Phi) is 11.9. The standard InChI is InChI=1S/C21H30F3N3O4.HI/c1-4-25-20(27-10-8-16(9-11-27)19(28)30-5-2)26-13-15-6-7-17(18(12-15)29-3)31-14-21(22,23)24;/h6-7,12,16H,4-5,8-11,13-14H2,1-3H3,(H,25,26);1H. The number of likely N-dealkylation sites (tertiary alicyclic amines) is 1. The van der Waals surface area contributed by atoms with Crippen LogP contribution in [0.4, 0.5) is 13.2 Å². The number of aliphatic imine (C=N–C) groups is 1. The van der Waals surface area contributed by atoms with Crippen LogP contribution in [-0.4, -0.2) is 63.0 Å². The number of nitrogens with one attached hydrogen (secondary N) is 1. The van der Waals surface area contributed by atoms with E-state index in [2.05, 4.69) is 15.2 Å². The maximum atomic E-state index is 12.4. The van der Waals surface area contributed by atoms with Gasteiger partial charge in [-0.3, -0.25) is 4.79 Å². The minimum absolute atomic E-state index is 0. The molecule has 1 N–H and O–H groups in total. The number of ether oxygens (including phenoxy) is 3. The first-order chi connectivity index (χ1) is 14.8. The van der Waals surface area contributed by atoms with Crippen LogP contribution in [0.2, 0.25) is 0 Å². The summed E-state index contributed by atoms with van der Waals surface area (Å²) in [6, 6.07) is 4.73. The average molecular weight is 573 g/mol. The van der Waals surface area contributed by atoms with Crippen molar-refractivity contribution in [1.82, 2.24) is 10.2 Å². The Balaban J connectivity index is 0.00000512. The van der Waals surface area contributed by atoms with Crippen LogP contribution in [-0.2, 0) is 16.1 Å². The van der Waals surface area contributed by atoms with Crippen LogP contribution in [0.5, 0.6) is 11.5 Å². The van der Waals surface area contributed by atoms with Gasteiger partial charge in [0.1, 0.15) is 0 Å². The molecule has 1 aliphatic heterocycles. The van der Waals surface area contributed by atoms with Gasteiger partial charge < -0.3 is 24.4 Å². The number of piperidine rings is 1. The van der Waals surface area contributed by atoms with Crippen LogP contribution < -0.4 is 14.8 Å². The first-order valence-electron chi connectivity index (χ1n) is 10.3. The summed E-state index contributed by atoms with van der Waals surface area (Å²) >= 11 is 0. The van der Waals surface area contributed by atoms with Crippen molar-refractivity contribution in [2.24, 2.45) is 10.9 Å². The predicted octanol–water partition coefficient (Wildman–Crippen LogP) is 3.99. The van der Waals surface area contributed by atoms with Gasteiger partial charge in [0, 0.05) is 19.6 Å². The van der Waals surface area contributed by atoms with Crippen molar-refractivity contribution in [3.63, 3.8) is 0 Å². The zero-order valence-corrected chi connectivity index (χ0v) is 20.9. The van der Waals surface area contributed by atoms with E-state index >= 15 is 0 Å². The number of guanidine groups is 1. The number of hydrogen-bond donors (Lipinski definition) is 1. The largest absolute Gasteiger partial charge is 0.493 e. The Morgan fingerprint density at radius 1 is 1.22 bits per heavy atom. The molecule has 0 amide bonds. The van der Waals surface area contributed by atoms with Crippen molar-refractivity contribution in [3.8, 4) is 11.5 Å². The summed E-state index contributed by atoms with van der Waals surface area (Å²) in [7, 11) is 1.38. The van der Waals surface area contributed by atoms with Crippen molar-refractivity contribution in [2.75, 3.05) is 40.0 Å². The topological polar surface area (TPSA) is 72.4 Å². The van der Waals surface area contributed by atoms with E-state index in [9.17, 15) is 18.0 Å². The first-order valence-corrected chi connectivity index (χ1v) is 10.3. The highest BCUT2D eigenvalue weighted by molar-refractivity contribution is 14.0. The summed E-state index contributed by atoms with van der Waals surface area (Å²) in [6.07, 6.45) is -3.03.